The van der Waals surface area contributed by atoms with Crippen molar-refractivity contribution in [3.05, 3.63) is 15.3 Å². The fraction of sp³-hybridized carbons (Fsp3) is 0.333. The molecule has 0 unspecified atom stereocenters. The lowest BCUT2D eigenvalue weighted by molar-refractivity contribution is 1.02. The number of nitroso groups, excluding NO2 is 1. The molecule has 1 aromatic heterocycles. The molecule has 0 aromatic carbocycles. The number of nitrogens with zero attached hydrogens (tertiary/aromatic N) is 3. The molecule has 0 atom stereocenters. The predicted octanol–water partition coefficient (Wildman–Crippen LogP) is -0.184. The van der Waals surface area contributed by atoms with E-state index in [4.69, 9.17) is 5.73 Å². The molecule has 0 fully saturated rings. The smallest absolute Gasteiger partial charge is 0.284 e. The van der Waals surface area contributed by atoms with Gasteiger partial charge in [-0.15, -0.1) is 4.91 Å². The molecule has 0 aliphatic carbocycles. The molecule has 0 radical (unpaired) electrons. The highest BCUT2D eigenvalue weighted by atomic mass is 16.3. The minimum absolute atomic E-state index is 0.0406. The molecule has 0 amide bonds. The zero-order valence-electron chi connectivity index (χ0n) is 7.24. The van der Waals surface area contributed by atoms with Crippen LogP contribution in [0.2, 0.25) is 0 Å². The van der Waals surface area contributed by atoms with Crippen molar-refractivity contribution >= 4 is 17.5 Å². The maximum absolute atomic E-state index is 11.1. The minimum atomic E-state index is -0.633. The maximum atomic E-state index is 11.1. The van der Waals surface area contributed by atoms with Crippen LogP contribution in [-0.2, 0) is 0 Å². The third kappa shape index (κ3) is 1.63. The van der Waals surface area contributed by atoms with Gasteiger partial charge in [-0.1, -0.05) is 0 Å². The van der Waals surface area contributed by atoms with Crippen LogP contribution in [0, 0.1) is 4.91 Å². The van der Waals surface area contributed by atoms with Crippen molar-refractivity contribution in [3.8, 4) is 0 Å². The van der Waals surface area contributed by atoms with Gasteiger partial charge in [0.25, 0.3) is 5.56 Å². The molecule has 1 rings (SSSR count). The zero-order chi connectivity index (χ0) is 10.0. The van der Waals surface area contributed by atoms with Crippen LogP contribution in [-0.4, -0.2) is 24.1 Å². The van der Waals surface area contributed by atoms with Gasteiger partial charge in [-0.05, 0) is 5.18 Å². The topological polar surface area (TPSA) is 104 Å². The number of nitrogens with one attached hydrogen (secondary N) is 1. The maximum Gasteiger partial charge on any atom is 0.284 e. The summed E-state index contributed by atoms with van der Waals surface area (Å²) in [4.78, 5) is 28.8. The highest BCUT2D eigenvalue weighted by Crippen LogP contribution is 2.19. The van der Waals surface area contributed by atoms with Gasteiger partial charge in [-0.25, -0.2) is 0 Å². The Morgan fingerprint density at radius 2 is 2.15 bits per heavy atom. The first-order valence-electron chi connectivity index (χ1n) is 3.46. The number of anilines is 2. The van der Waals surface area contributed by atoms with Crippen molar-refractivity contribution in [2.75, 3.05) is 24.7 Å². The second kappa shape index (κ2) is 3.21. The Hall–Kier alpha value is -1.92. The SMILES string of the molecule is CN(C)c1nc(N)[nH]c(=O)c1N=O. The van der Waals surface area contributed by atoms with Crippen molar-refractivity contribution in [2.24, 2.45) is 5.18 Å². The van der Waals surface area contributed by atoms with E-state index in [1.165, 1.54) is 4.90 Å². The van der Waals surface area contributed by atoms with Crippen LogP contribution in [0.1, 0.15) is 0 Å². The number of aromatic nitrogens is 2. The molecule has 0 saturated heterocycles. The predicted molar refractivity (Wildman–Crippen MR) is 49.1 cm³/mol. The number of hydrogen-bond acceptors (Lipinski definition) is 6. The fourth-order valence-corrected chi connectivity index (χ4v) is 0.866. The van der Waals surface area contributed by atoms with Crippen molar-refractivity contribution < 1.29 is 0 Å². The summed E-state index contributed by atoms with van der Waals surface area (Å²) in [5, 5.41) is 2.58. The summed E-state index contributed by atoms with van der Waals surface area (Å²) >= 11 is 0. The molecule has 0 saturated carbocycles. The number of H-pyrrole nitrogens is 1. The van der Waals surface area contributed by atoms with Gasteiger partial charge < -0.3 is 10.6 Å². The number of rotatable bonds is 2. The van der Waals surface area contributed by atoms with Gasteiger partial charge in [-0.2, -0.15) is 4.98 Å². The quantitative estimate of drug-likeness (QED) is 0.618. The normalized spacial score (nSPS) is 9.69. The van der Waals surface area contributed by atoms with E-state index in [1.807, 2.05) is 0 Å². The average Bonchev–Trinajstić information content (AvgIpc) is 2.02. The van der Waals surface area contributed by atoms with Crippen LogP contribution in [0.4, 0.5) is 17.5 Å². The third-order valence-corrected chi connectivity index (χ3v) is 1.41. The molecule has 0 aliphatic heterocycles. The summed E-state index contributed by atoms with van der Waals surface area (Å²) in [5.74, 6) is 0.123. The summed E-state index contributed by atoms with van der Waals surface area (Å²) in [5.41, 5.74) is 4.39. The van der Waals surface area contributed by atoms with E-state index in [0.29, 0.717) is 0 Å². The molecule has 0 bridgehead atoms. The Morgan fingerprint density at radius 1 is 1.54 bits per heavy atom. The summed E-state index contributed by atoms with van der Waals surface area (Å²) in [7, 11) is 3.27. The molecular formula is C6H9N5O2. The Balaban J connectivity index is 3.47. The van der Waals surface area contributed by atoms with E-state index in [9.17, 15) is 9.70 Å². The van der Waals surface area contributed by atoms with Gasteiger partial charge in [-0.3, -0.25) is 9.78 Å². The average molecular weight is 183 g/mol. The highest BCUT2D eigenvalue weighted by molar-refractivity contribution is 5.61. The molecule has 7 nitrogen and oxygen atoms in total. The van der Waals surface area contributed by atoms with Crippen LogP contribution in [0.3, 0.4) is 0 Å². The molecule has 0 aliphatic rings. The molecule has 70 valence electrons. The van der Waals surface area contributed by atoms with Gasteiger partial charge in [0, 0.05) is 14.1 Å². The van der Waals surface area contributed by atoms with Crippen molar-refractivity contribution in [2.45, 2.75) is 0 Å². The Morgan fingerprint density at radius 3 is 2.62 bits per heavy atom. The molecule has 13 heavy (non-hydrogen) atoms. The third-order valence-electron chi connectivity index (χ3n) is 1.41. The molecule has 7 heteroatoms. The zero-order valence-corrected chi connectivity index (χ0v) is 7.24. The van der Waals surface area contributed by atoms with Gasteiger partial charge in [0.05, 0.1) is 0 Å². The number of aromatic amines is 1. The summed E-state index contributed by atoms with van der Waals surface area (Å²) in [6.45, 7) is 0. The number of nitrogen functional groups attached to an aromatic ring is 1. The minimum Gasteiger partial charge on any atom is -0.369 e. The molecule has 0 spiro atoms. The summed E-state index contributed by atoms with van der Waals surface area (Å²) < 4.78 is 0. The fourth-order valence-electron chi connectivity index (χ4n) is 0.866. The largest absolute Gasteiger partial charge is 0.369 e. The first kappa shape index (κ1) is 9.17. The number of hydrogen-bond donors (Lipinski definition) is 2. The van der Waals surface area contributed by atoms with Crippen LogP contribution in [0.25, 0.3) is 0 Å². The second-order valence-corrected chi connectivity index (χ2v) is 2.61. The summed E-state index contributed by atoms with van der Waals surface area (Å²) in [6, 6.07) is 0. The second-order valence-electron chi connectivity index (χ2n) is 2.61. The van der Waals surface area contributed by atoms with Gasteiger partial charge in [0.1, 0.15) is 0 Å². The van der Waals surface area contributed by atoms with Gasteiger partial charge in [0.15, 0.2) is 5.82 Å². The monoisotopic (exact) mass is 183 g/mol. The molecule has 3 N–H and O–H groups in total. The molecule has 1 heterocycles. The van der Waals surface area contributed by atoms with Crippen molar-refractivity contribution in [3.63, 3.8) is 0 Å². The van der Waals surface area contributed by atoms with E-state index in [0.717, 1.165) is 0 Å². The lowest BCUT2D eigenvalue weighted by Gasteiger charge is -2.11. The first-order valence-corrected chi connectivity index (χ1v) is 3.46. The first-order chi connectivity index (χ1) is 6.06. The van der Waals surface area contributed by atoms with E-state index in [-0.39, 0.29) is 17.5 Å². The van der Waals surface area contributed by atoms with Gasteiger partial charge in [0.2, 0.25) is 11.6 Å². The van der Waals surface area contributed by atoms with E-state index in [2.05, 4.69) is 15.1 Å². The molecular weight excluding hydrogens is 174 g/mol. The lowest BCUT2D eigenvalue weighted by atomic mass is 10.4. The van der Waals surface area contributed by atoms with Crippen molar-refractivity contribution in [1.29, 1.82) is 0 Å². The lowest BCUT2D eigenvalue weighted by Crippen LogP contribution is -2.18. The Bertz CT molecular complexity index is 383. The Labute approximate surface area is 73.6 Å². The Kier molecular flexibility index (Phi) is 2.27. The summed E-state index contributed by atoms with van der Waals surface area (Å²) in [6.07, 6.45) is 0. The molecule has 1 aromatic rings. The van der Waals surface area contributed by atoms with Crippen LogP contribution in [0.5, 0.6) is 0 Å². The van der Waals surface area contributed by atoms with Crippen LogP contribution < -0.4 is 16.2 Å². The van der Waals surface area contributed by atoms with E-state index < -0.39 is 5.56 Å². The van der Waals surface area contributed by atoms with Gasteiger partial charge >= 0.3 is 0 Å². The van der Waals surface area contributed by atoms with E-state index >= 15 is 0 Å². The van der Waals surface area contributed by atoms with E-state index in [1.54, 1.807) is 14.1 Å². The van der Waals surface area contributed by atoms with Crippen molar-refractivity contribution in [1.82, 2.24) is 9.97 Å². The standard InChI is InChI=1S/C6H9N5O2/c1-11(2)4-3(10-13)5(12)9-6(7)8-4/h1-2H3,(H3,7,8,9,12). The highest BCUT2D eigenvalue weighted by Gasteiger charge is 2.12. The van der Waals surface area contributed by atoms with Crippen LogP contribution >= 0.6 is 0 Å². The number of nitrogens with two attached hydrogens (primary N) is 1. The van der Waals surface area contributed by atoms with Crippen LogP contribution in [0.15, 0.2) is 9.97 Å².